The number of rotatable bonds is 10. The highest BCUT2D eigenvalue weighted by molar-refractivity contribution is 14.0. The Hall–Kier alpha value is -0.320. The fourth-order valence-corrected chi connectivity index (χ4v) is 3.93. The summed E-state index contributed by atoms with van der Waals surface area (Å²) in [6.45, 7) is 13.2. The molecule has 0 aromatic heterocycles. The van der Waals surface area contributed by atoms with Crippen LogP contribution >= 0.6 is 47.2 Å². The van der Waals surface area contributed by atoms with Crippen LogP contribution in [0.25, 0.3) is 0 Å². The Balaban J connectivity index is 0.00000450. The van der Waals surface area contributed by atoms with Crippen LogP contribution in [0, 0.1) is 0 Å². The second kappa shape index (κ2) is 15.5. The summed E-state index contributed by atoms with van der Waals surface area (Å²) in [7, 11) is 0. The van der Waals surface area contributed by atoms with Gasteiger partial charge in [0.15, 0.2) is 5.96 Å². The van der Waals surface area contributed by atoms with Crippen molar-refractivity contribution in [3.8, 4) is 0 Å². The highest BCUT2D eigenvalue weighted by Crippen LogP contribution is 2.23. The third kappa shape index (κ3) is 10.3. The van der Waals surface area contributed by atoms with E-state index in [1.165, 1.54) is 32.6 Å². The van der Waals surface area contributed by atoms with Crippen LogP contribution in [-0.4, -0.2) is 79.8 Å². The number of unbranched alkanes of at least 4 members (excludes halogenated alkanes) is 1. The van der Waals surface area contributed by atoms with Crippen molar-refractivity contribution >= 4 is 53.1 Å². The molecule has 0 saturated carbocycles. The van der Waals surface area contributed by atoms with Gasteiger partial charge < -0.3 is 25.5 Å². The summed E-state index contributed by atoms with van der Waals surface area (Å²) in [4.78, 5) is 9.55. The Morgan fingerprint density at radius 3 is 2.27 bits per heavy atom. The summed E-state index contributed by atoms with van der Waals surface area (Å²) in [6, 6.07) is 5.08. The maximum Gasteiger partial charge on any atom is 0.191 e. The standard InChI is InChI=1S/C21H35Cl2N5O.HI/c1-3-24-21(26-16-20(29)17-13-18(22)15-19(23)14-17)25-7-5-6-8-28-11-9-27(4-2)10-12-28;/h13-15,20,29H,3-12,16H2,1-2H3,(H2,24,25,26);1H. The van der Waals surface area contributed by atoms with Gasteiger partial charge in [-0.2, -0.15) is 0 Å². The Morgan fingerprint density at radius 1 is 1.03 bits per heavy atom. The number of likely N-dealkylation sites (N-methyl/N-ethyl adjacent to an activating group) is 1. The Kier molecular flexibility index (Phi) is 14.3. The van der Waals surface area contributed by atoms with Crippen molar-refractivity contribution in [1.82, 2.24) is 20.4 Å². The molecule has 1 heterocycles. The summed E-state index contributed by atoms with van der Waals surface area (Å²) < 4.78 is 0. The summed E-state index contributed by atoms with van der Waals surface area (Å²) >= 11 is 12.0. The lowest BCUT2D eigenvalue weighted by molar-refractivity contribution is 0.136. The van der Waals surface area contributed by atoms with Gasteiger partial charge in [-0.25, -0.2) is 0 Å². The lowest BCUT2D eigenvalue weighted by atomic mass is 10.1. The minimum atomic E-state index is -0.747. The summed E-state index contributed by atoms with van der Waals surface area (Å²) in [6.07, 6.45) is 1.51. The number of benzene rings is 1. The molecule has 1 fully saturated rings. The minimum Gasteiger partial charge on any atom is -0.386 e. The van der Waals surface area contributed by atoms with Crippen LogP contribution in [0.4, 0.5) is 0 Å². The summed E-state index contributed by atoms with van der Waals surface area (Å²) in [5, 5.41) is 18.0. The largest absolute Gasteiger partial charge is 0.386 e. The van der Waals surface area contributed by atoms with Crippen LogP contribution < -0.4 is 10.6 Å². The van der Waals surface area contributed by atoms with Gasteiger partial charge in [-0.1, -0.05) is 30.1 Å². The highest BCUT2D eigenvalue weighted by Gasteiger charge is 2.14. The Labute approximate surface area is 208 Å². The molecule has 1 atom stereocenters. The fraction of sp³-hybridized carbons (Fsp3) is 0.667. The number of aliphatic hydroxyl groups excluding tert-OH is 1. The monoisotopic (exact) mass is 571 g/mol. The number of piperazine rings is 1. The summed E-state index contributed by atoms with van der Waals surface area (Å²) in [5.74, 6) is 0.719. The smallest absolute Gasteiger partial charge is 0.191 e. The van der Waals surface area contributed by atoms with Crippen molar-refractivity contribution in [3.63, 3.8) is 0 Å². The van der Waals surface area contributed by atoms with Crippen molar-refractivity contribution in [2.45, 2.75) is 32.8 Å². The van der Waals surface area contributed by atoms with Gasteiger partial charge in [0.05, 0.1) is 12.6 Å². The second-order valence-corrected chi connectivity index (χ2v) is 8.22. The topological polar surface area (TPSA) is 63.1 Å². The lowest BCUT2D eigenvalue weighted by Gasteiger charge is -2.34. The molecule has 0 bridgehead atoms. The first-order valence-corrected chi connectivity index (χ1v) is 11.4. The molecule has 0 spiro atoms. The van der Waals surface area contributed by atoms with Gasteiger partial charge >= 0.3 is 0 Å². The maximum absolute atomic E-state index is 10.4. The molecule has 1 aliphatic heterocycles. The van der Waals surface area contributed by atoms with Crippen LogP contribution in [0.1, 0.15) is 38.4 Å². The SMILES string of the molecule is CCNC(=NCC(O)c1cc(Cl)cc(Cl)c1)NCCCCN1CCN(CC)CC1.I. The van der Waals surface area contributed by atoms with E-state index in [1.807, 2.05) is 6.92 Å². The van der Waals surface area contributed by atoms with E-state index < -0.39 is 6.10 Å². The second-order valence-electron chi connectivity index (χ2n) is 7.35. The van der Waals surface area contributed by atoms with Crippen LogP contribution in [0.15, 0.2) is 23.2 Å². The molecule has 0 radical (unpaired) electrons. The first kappa shape index (κ1) is 27.7. The number of aliphatic imine (C=N–C) groups is 1. The number of hydrogen-bond donors (Lipinski definition) is 3. The molecule has 6 nitrogen and oxygen atoms in total. The average Bonchev–Trinajstić information content (AvgIpc) is 2.71. The predicted molar refractivity (Wildman–Crippen MR) is 139 cm³/mol. The third-order valence-electron chi connectivity index (χ3n) is 5.14. The highest BCUT2D eigenvalue weighted by atomic mass is 127. The molecule has 0 aliphatic carbocycles. The normalized spacial score (nSPS) is 16.8. The molecule has 0 amide bonds. The van der Waals surface area contributed by atoms with Gasteiger partial charge in [0.2, 0.25) is 0 Å². The number of halogens is 3. The molecular weight excluding hydrogens is 536 g/mol. The predicted octanol–water partition coefficient (Wildman–Crippen LogP) is 3.62. The molecule has 3 N–H and O–H groups in total. The molecule has 172 valence electrons. The molecule has 1 aliphatic rings. The van der Waals surface area contributed by atoms with E-state index in [4.69, 9.17) is 23.2 Å². The molecule has 1 aromatic carbocycles. The van der Waals surface area contributed by atoms with Crippen LogP contribution in [0.2, 0.25) is 10.0 Å². The van der Waals surface area contributed by atoms with Gasteiger partial charge in [-0.05, 0) is 56.6 Å². The molecule has 2 rings (SSSR count). The van der Waals surface area contributed by atoms with Crippen LogP contribution in [0.5, 0.6) is 0 Å². The average molecular weight is 572 g/mol. The maximum atomic E-state index is 10.4. The van der Waals surface area contributed by atoms with Gasteiger partial charge in [0, 0.05) is 49.3 Å². The molecule has 1 aromatic rings. The van der Waals surface area contributed by atoms with Crippen LogP contribution in [-0.2, 0) is 0 Å². The van der Waals surface area contributed by atoms with Gasteiger partial charge in [-0.15, -0.1) is 24.0 Å². The molecule has 1 saturated heterocycles. The van der Waals surface area contributed by atoms with Crippen molar-refractivity contribution < 1.29 is 5.11 Å². The van der Waals surface area contributed by atoms with Crippen molar-refractivity contribution in [3.05, 3.63) is 33.8 Å². The van der Waals surface area contributed by atoms with Gasteiger partial charge in [0.25, 0.3) is 0 Å². The third-order valence-corrected chi connectivity index (χ3v) is 5.58. The zero-order valence-corrected chi connectivity index (χ0v) is 21.9. The number of nitrogens with zero attached hydrogens (tertiary/aromatic N) is 3. The quantitative estimate of drug-likeness (QED) is 0.173. The fourth-order valence-electron chi connectivity index (χ4n) is 3.39. The summed E-state index contributed by atoms with van der Waals surface area (Å²) in [5.41, 5.74) is 0.672. The van der Waals surface area contributed by atoms with Crippen molar-refractivity contribution in [2.24, 2.45) is 4.99 Å². The molecule has 30 heavy (non-hydrogen) atoms. The molecule has 1 unspecified atom stereocenters. The van der Waals surface area contributed by atoms with E-state index in [-0.39, 0.29) is 30.5 Å². The van der Waals surface area contributed by atoms with Crippen LogP contribution in [0.3, 0.4) is 0 Å². The van der Waals surface area contributed by atoms with E-state index in [9.17, 15) is 5.11 Å². The minimum absolute atomic E-state index is 0. The number of aliphatic hydroxyl groups is 1. The van der Waals surface area contributed by atoms with E-state index in [2.05, 4.69) is 32.3 Å². The van der Waals surface area contributed by atoms with E-state index >= 15 is 0 Å². The molecular formula is C21H36Cl2IN5O. The Bertz CT molecular complexity index is 622. The van der Waals surface area contributed by atoms with E-state index in [0.29, 0.717) is 15.6 Å². The van der Waals surface area contributed by atoms with Gasteiger partial charge in [-0.3, -0.25) is 4.99 Å². The van der Waals surface area contributed by atoms with E-state index in [1.54, 1.807) is 18.2 Å². The van der Waals surface area contributed by atoms with Gasteiger partial charge in [0.1, 0.15) is 0 Å². The Morgan fingerprint density at radius 2 is 1.67 bits per heavy atom. The number of hydrogen-bond acceptors (Lipinski definition) is 4. The zero-order chi connectivity index (χ0) is 21.1. The first-order chi connectivity index (χ1) is 14.0. The zero-order valence-electron chi connectivity index (χ0n) is 18.0. The van der Waals surface area contributed by atoms with Crippen molar-refractivity contribution in [2.75, 3.05) is 58.9 Å². The van der Waals surface area contributed by atoms with E-state index in [0.717, 1.165) is 38.6 Å². The number of guanidine groups is 1. The molecule has 9 heteroatoms. The van der Waals surface area contributed by atoms with Crippen molar-refractivity contribution in [1.29, 1.82) is 0 Å². The number of nitrogens with one attached hydrogen (secondary N) is 2. The lowest BCUT2D eigenvalue weighted by Crippen LogP contribution is -2.46. The first-order valence-electron chi connectivity index (χ1n) is 10.6.